The summed E-state index contributed by atoms with van der Waals surface area (Å²) in [7, 11) is 1.60. The van der Waals surface area contributed by atoms with Gasteiger partial charge in [0, 0.05) is 12.0 Å². The second kappa shape index (κ2) is 9.89. The Morgan fingerprint density at radius 1 is 0.966 bits per heavy atom. The average molecular weight is 409 g/mol. The maximum absolute atomic E-state index is 13.1. The minimum absolute atomic E-state index is 0.239. The van der Waals surface area contributed by atoms with Gasteiger partial charge in [-0.2, -0.15) is 0 Å². The number of rotatable bonds is 8. The van der Waals surface area contributed by atoms with Crippen LogP contribution in [0.2, 0.25) is 0 Å². The Morgan fingerprint density at radius 3 is 2.38 bits per heavy atom. The number of thiophene rings is 1. The van der Waals surface area contributed by atoms with Gasteiger partial charge in [-0.05, 0) is 30.0 Å². The van der Waals surface area contributed by atoms with Crippen LogP contribution in [-0.4, -0.2) is 25.0 Å². The molecule has 1 aromatic heterocycles. The first-order chi connectivity index (χ1) is 14.1. The Balaban J connectivity index is 1.76. The Kier molecular flexibility index (Phi) is 7.03. The minimum Gasteiger partial charge on any atom is -0.496 e. The minimum atomic E-state index is -0.691. The topological polar surface area (TPSA) is 67.4 Å². The van der Waals surface area contributed by atoms with Gasteiger partial charge in [-0.25, -0.2) is 0 Å². The van der Waals surface area contributed by atoms with E-state index in [0.717, 1.165) is 11.1 Å². The van der Waals surface area contributed by atoms with Gasteiger partial charge in [0.2, 0.25) is 5.91 Å². The second-order valence-electron chi connectivity index (χ2n) is 6.67. The molecule has 0 saturated heterocycles. The molecule has 0 aliphatic heterocycles. The van der Waals surface area contributed by atoms with Gasteiger partial charge in [0.15, 0.2) is 0 Å². The maximum Gasteiger partial charge on any atom is 0.262 e. The molecule has 6 heteroatoms. The van der Waals surface area contributed by atoms with E-state index >= 15 is 0 Å². The zero-order valence-electron chi connectivity index (χ0n) is 16.4. The largest absolute Gasteiger partial charge is 0.496 e. The third-order valence-corrected chi connectivity index (χ3v) is 5.48. The van der Waals surface area contributed by atoms with Crippen LogP contribution in [0, 0.1) is 0 Å². The average Bonchev–Trinajstić information content (AvgIpc) is 3.29. The number of carbonyl (C=O) groups is 2. The summed E-state index contributed by atoms with van der Waals surface area (Å²) in [6.07, 6.45) is 0.405. The van der Waals surface area contributed by atoms with E-state index in [4.69, 9.17) is 4.74 Å². The van der Waals surface area contributed by atoms with Crippen LogP contribution in [0.25, 0.3) is 0 Å². The number of hydrogen-bond donors (Lipinski definition) is 2. The Morgan fingerprint density at radius 2 is 1.69 bits per heavy atom. The second-order valence-corrected chi connectivity index (χ2v) is 7.61. The van der Waals surface area contributed by atoms with Crippen molar-refractivity contribution in [1.29, 1.82) is 0 Å². The quantitative estimate of drug-likeness (QED) is 0.593. The lowest BCUT2D eigenvalue weighted by Crippen LogP contribution is -2.48. The fraction of sp³-hybridized carbons (Fsp3) is 0.217. The number of ether oxygens (including phenoxy) is 1. The van der Waals surface area contributed by atoms with Gasteiger partial charge in [0.25, 0.3) is 5.91 Å². The Hall–Kier alpha value is -3.12. The Bertz CT molecular complexity index is 942. The molecule has 0 aliphatic carbocycles. The van der Waals surface area contributed by atoms with Gasteiger partial charge in [-0.3, -0.25) is 9.59 Å². The van der Waals surface area contributed by atoms with E-state index in [1.165, 1.54) is 11.3 Å². The SMILES string of the molecule is COc1ccccc1C(C)NC(=O)C(Cc1ccccc1)NC(=O)c1cccs1. The van der Waals surface area contributed by atoms with Crippen LogP contribution in [-0.2, 0) is 11.2 Å². The molecule has 29 heavy (non-hydrogen) atoms. The molecule has 5 nitrogen and oxygen atoms in total. The fourth-order valence-corrected chi connectivity index (χ4v) is 3.74. The number of nitrogens with one attached hydrogen (secondary N) is 2. The van der Waals surface area contributed by atoms with Crippen molar-refractivity contribution in [3.05, 3.63) is 88.1 Å². The van der Waals surface area contributed by atoms with Crippen LogP contribution in [0.15, 0.2) is 72.1 Å². The van der Waals surface area contributed by atoms with E-state index < -0.39 is 6.04 Å². The molecule has 2 unspecified atom stereocenters. The van der Waals surface area contributed by atoms with Crippen LogP contribution in [0.5, 0.6) is 5.75 Å². The molecule has 2 amide bonds. The molecule has 150 valence electrons. The zero-order valence-corrected chi connectivity index (χ0v) is 17.2. The highest BCUT2D eigenvalue weighted by atomic mass is 32.1. The lowest BCUT2D eigenvalue weighted by Gasteiger charge is -2.22. The van der Waals surface area contributed by atoms with Gasteiger partial charge < -0.3 is 15.4 Å². The lowest BCUT2D eigenvalue weighted by molar-refractivity contribution is -0.123. The first-order valence-corrected chi connectivity index (χ1v) is 10.3. The van der Waals surface area contributed by atoms with E-state index in [0.29, 0.717) is 17.0 Å². The fourth-order valence-electron chi connectivity index (χ4n) is 3.11. The van der Waals surface area contributed by atoms with Gasteiger partial charge >= 0.3 is 0 Å². The van der Waals surface area contributed by atoms with Crippen molar-refractivity contribution in [2.24, 2.45) is 0 Å². The van der Waals surface area contributed by atoms with Gasteiger partial charge in [-0.15, -0.1) is 11.3 Å². The molecule has 2 atom stereocenters. The summed E-state index contributed by atoms with van der Waals surface area (Å²) in [6.45, 7) is 1.90. The lowest BCUT2D eigenvalue weighted by atomic mass is 10.0. The van der Waals surface area contributed by atoms with E-state index in [1.807, 2.05) is 73.0 Å². The van der Waals surface area contributed by atoms with Crippen molar-refractivity contribution in [2.45, 2.75) is 25.4 Å². The first kappa shape index (κ1) is 20.6. The number of benzene rings is 2. The van der Waals surface area contributed by atoms with Crippen LogP contribution in [0.3, 0.4) is 0 Å². The predicted molar refractivity (Wildman–Crippen MR) is 115 cm³/mol. The summed E-state index contributed by atoms with van der Waals surface area (Å²) >= 11 is 1.35. The molecular formula is C23H24N2O3S. The molecule has 0 fully saturated rings. The van der Waals surface area contributed by atoms with Crippen LogP contribution in [0.4, 0.5) is 0 Å². The van der Waals surface area contributed by atoms with E-state index in [9.17, 15) is 9.59 Å². The summed E-state index contributed by atoms with van der Waals surface area (Å²) in [5, 5.41) is 7.73. The van der Waals surface area contributed by atoms with Crippen LogP contribution in [0.1, 0.15) is 33.8 Å². The summed E-state index contributed by atoms with van der Waals surface area (Å²) in [5.74, 6) is 0.223. The molecule has 3 aromatic rings. The first-order valence-electron chi connectivity index (χ1n) is 9.40. The van der Waals surface area contributed by atoms with Crippen LogP contribution < -0.4 is 15.4 Å². The number of methoxy groups -OCH3 is 1. The standard InChI is InChI=1S/C23H24N2O3S/c1-16(18-11-6-7-12-20(18)28-2)24-22(26)19(15-17-9-4-3-5-10-17)25-23(27)21-13-8-14-29-21/h3-14,16,19H,15H2,1-2H3,(H,24,26)(H,25,27). The van der Waals surface area contributed by atoms with Gasteiger partial charge in [0.05, 0.1) is 18.0 Å². The highest BCUT2D eigenvalue weighted by Gasteiger charge is 2.24. The Labute approximate surface area is 174 Å². The van der Waals surface area contributed by atoms with E-state index in [1.54, 1.807) is 13.2 Å². The van der Waals surface area contributed by atoms with E-state index in [2.05, 4.69) is 10.6 Å². The molecule has 1 heterocycles. The molecule has 3 rings (SSSR count). The van der Waals surface area contributed by atoms with Crippen LogP contribution >= 0.6 is 11.3 Å². The molecule has 0 radical (unpaired) electrons. The molecule has 2 N–H and O–H groups in total. The molecule has 2 aromatic carbocycles. The molecule has 0 aliphatic rings. The highest BCUT2D eigenvalue weighted by molar-refractivity contribution is 7.12. The maximum atomic E-state index is 13.1. The summed E-state index contributed by atoms with van der Waals surface area (Å²) in [4.78, 5) is 26.2. The highest BCUT2D eigenvalue weighted by Crippen LogP contribution is 2.24. The van der Waals surface area contributed by atoms with Crippen molar-refractivity contribution in [1.82, 2.24) is 10.6 Å². The molecule has 0 bridgehead atoms. The number of amides is 2. The normalized spacial score (nSPS) is 12.6. The van der Waals surface area contributed by atoms with Gasteiger partial charge in [0.1, 0.15) is 11.8 Å². The van der Waals surface area contributed by atoms with Crippen molar-refractivity contribution < 1.29 is 14.3 Å². The number of hydrogen-bond acceptors (Lipinski definition) is 4. The third-order valence-electron chi connectivity index (χ3n) is 4.61. The summed E-state index contributed by atoms with van der Waals surface area (Å²) in [6, 6.07) is 19.8. The monoisotopic (exact) mass is 408 g/mol. The molecular weight excluding hydrogens is 384 g/mol. The number of carbonyl (C=O) groups excluding carboxylic acids is 2. The van der Waals surface area contributed by atoms with Gasteiger partial charge in [-0.1, -0.05) is 54.6 Å². The van der Waals surface area contributed by atoms with E-state index in [-0.39, 0.29) is 17.9 Å². The summed E-state index contributed by atoms with van der Waals surface area (Å²) < 4.78 is 5.40. The van der Waals surface area contributed by atoms with Crippen molar-refractivity contribution in [3.63, 3.8) is 0 Å². The number of para-hydroxylation sites is 1. The predicted octanol–water partition coefficient (Wildman–Crippen LogP) is 3.98. The van der Waals surface area contributed by atoms with Crippen molar-refractivity contribution in [2.75, 3.05) is 7.11 Å². The smallest absolute Gasteiger partial charge is 0.262 e. The van der Waals surface area contributed by atoms with Crippen molar-refractivity contribution >= 4 is 23.2 Å². The molecule has 0 saturated carbocycles. The zero-order chi connectivity index (χ0) is 20.6. The molecule has 0 spiro atoms. The van der Waals surface area contributed by atoms with Crippen molar-refractivity contribution in [3.8, 4) is 5.75 Å². The third kappa shape index (κ3) is 5.45. The summed E-state index contributed by atoms with van der Waals surface area (Å²) in [5.41, 5.74) is 1.86.